The molecule has 0 fully saturated rings. The molecule has 0 saturated heterocycles. The van der Waals surface area contributed by atoms with Gasteiger partial charge in [0.05, 0.1) is 18.9 Å². The van der Waals surface area contributed by atoms with Gasteiger partial charge in [-0.25, -0.2) is 0 Å². The molecule has 1 atom stereocenters. The van der Waals surface area contributed by atoms with E-state index in [0.717, 1.165) is 18.8 Å². The second-order valence-electron chi connectivity index (χ2n) is 5.25. The number of hydrogen-bond acceptors (Lipinski definition) is 3. The average Bonchev–Trinajstić information content (AvgIpc) is 2.57. The third-order valence-corrected chi connectivity index (χ3v) is 2.83. The molecule has 1 unspecified atom stereocenters. The number of hydrogen-bond donors (Lipinski definition) is 1. The van der Waals surface area contributed by atoms with E-state index >= 15 is 0 Å². The van der Waals surface area contributed by atoms with Crippen molar-refractivity contribution < 1.29 is 9.15 Å². The number of nitrogens with one attached hydrogen (secondary N) is 1. The molecular weight excluding hydrogens is 202 g/mol. The lowest BCUT2D eigenvalue weighted by molar-refractivity contribution is 0.0170. The first-order valence-electron chi connectivity index (χ1n) is 5.71. The molecule has 0 bridgehead atoms. The van der Waals surface area contributed by atoms with E-state index in [0.29, 0.717) is 0 Å². The molecule has 0 aliphatic carbocycles. The SMILES string of the molecule is COC(CNCc1occc1C)C(C)(C)C. The first kappa shape index (κ1) is 13.3. The zero-order valence-corrected chi connectivity index (χ0v) is 11.0. The van der Waals surface area contributed by atoms with Crippen molar-refractivity contribution in [3.8, 4) is 0 Å². The Labute approximate surface area is 98.2 Å². The molecule has 0 aliphatic heterocycles. The molecule has 0 saturated carbocycles. The maximum Gasteiger partial charge on any atom is 0.120 e. The summed E-state index contributed by atoms with van der Waals surface area (Å²) < 4.78 is 10.8. The molecule has 1 heterocycles. The average molecular weight is 225 g/mol. The summed E-state index contributed by atoms with van der Waals surface area (Å²) in [6.07, 6.45) is 1.94. The van der Waals surface area contributed by atoms with E-state index in [2.05, 4.69) is 33.0 Å². The van der Waals surface area contributed by atoms with E-state index in [9.17, 15) is 0 Å². The zero-order valence-electron chi connectivity index (χ0n) is 11.0. The minimum absolute atomic E-state index is 0.153. The molecule has 16 heavy (non-hydrogen) atoms. The maximum absolute atomic E-state index is 5.47. The number of methoxy groups -OCH3 is 1. The van der Waals surface area contributed by atoms with Crippen LogP contribution in [0, 0.1) is 12.3 Å². The summed E-state index contributed by atoms with van der Waals surface area (Å²) in [7, 11) is 1.76. The molecule has 0 amide bonds. The predicted octanol–water partition coefficient (Wildman–Crippen LogP) is 2.74. The quantitative estimate of drug-likeness (QED) is 0.836. The molecule has 0 aromatic carbocycles. The van der Waals surface area contributed by atoms with Gasteiger partial charge in [0, 0.05) is 13.7 Å². The van der Waals surface area contributed by atoms with Crippen LogP contribution in [-0.2, 0) is 11.3 Å². The molecule has 3 heteroatoms. The normalized spacial score (nSPS) is 14.1. The molecule has 92 valence electrons. The highest BCUT2D eigenvalue weighted by molar-refractivity contribution is 5.14. The monoisotopic (exact) mass is 225 g/mol. The van der Waals surface area contributed by atoms with Gasteiger partial charge < -0.3 is 14.5 Å². The first-order chi connectivity index (χ1) is 7.45. The second-order valence-corrected chi connectivity index (χ2v) is 5.25. The third-order valence-electron chi connectivity index (χ3n) is 2.83. The van der Waals surface area contributed by atoms with Gasteiger partial charge in [-0.3, -0.25) is 0 Å². The van der Waals surface area contributed by atoms with Crippen LogP contribution >= 0.6 is 0 Å². The van der Waals surface area contributed by atoms with Crippen LogP contribution in [-0.4, -0.2) is 19.8 Å². The van der Waals surface area contributed by atoms with Gasteiger partial charge in [-0.2, -0.15) is 0 Å². The van der Waals surface area contributed by atoms with Gasteiger partial charge in [-0.05, 0) is 24.0 Å². The van der Waals surface area contributed by atoms with Crippen molar-refractivity contribution in [2.75, 3.05) is 13.7 Å². The molecule has 0 aliphatic rings. The Morgan fingerprint density at radius 1 is 1.44 bits per heavy atom. The van der Waals surface area contributed by atoms with E-state index < -0.39 is 0 Å². The number of aryl methyl sites for hydroxylation is 1. The summed E-state index contributed by atoms with van der Waals surface area (Å²) in [5.41, 5.74) is 1.34. The van der Waals surface area contributed by atoms with E-state index in [1.54, 1.807) is 13.4 Å². The fourth-order valence-electron chi connectivity index (χ4n) is 1.65. The number of ether oxygens (including phenoxy) is 1. The number of rotatable bonds is 5. The van der Waals surface area contributed by atoms with E-state index in [-0.39, 0.29) is 11.5 Å². The Kier molecular flexibility index (Phi) is 4.56. The van der Waals surface area contributed by atoms with Crippen LogP contribution in [0.15, 0.2) is 16.7 Å². The van der Waals surface area contributed by atoms with Crippen molar-refractivity contribution in [1.29, 1.82) is 0 Å². The highest BCUT2D eigenvalue weighted by atomic mass is 16.5. The van der Waals surface area contributed by atoms with Gasteiger partial charge >= 0.3 is 0 Å². The molecular formula is C13H23NO2. The van der Waals surface area contributed by atoms with Gasteiger partial charge in [-0.1, -0.05) is 20.8 Å². The van der Waals surface area contributed by atoms with Crippen molar-refractivity contribution in [2.24, 2.45) is 5.41 Å². The molecule has 1 aromatic heterocycles. The van der Waals surface area contributed by atoms with Crippen LogP contribution in [0.5, 0.6) is 0 Å². The van der Waals surface area contributed by atoms with Crippen LogP contribution in [0.4, 0.5) is 0 Å². The summed E-state index contributed by atoms with van der Waals surface area (Å²) in [5.74, 6) is 1.00. The summed E-state index contributed by atoms with van der Waals surface area (Å²) in [6, 6.07) is 1.98. The standard InChI is InChI=1S/C13H23NO2/c1-10-6-7-16-11(10)8-14-9-12(15-5)13(2,3)4/h6-7,12,14H,8-9H2,1-5H3. The molecule has 1 N–H and O–H groups in total. The minimum atomic E-state index is 0.153. The molecule has 0 radical (unpaired) electrons. The fraction of sp³-hybridized carbons (Fsp3) is 0.692. The summed E-state index contributed by atoms with van der Waals surface area (Å²) in [4.78, 5) is 0. The van der Waals surface area contributed by atoms with Crippen molar-refractivity contribution in [3.63, 3.8) is 0 Å². The highest BCUT2D eigenvalue weighted by Gasteiger charge is 2.23. The van der Waals surface area contributed by atoms with Crippen molar-refractivity contribution in [2.45, 2.75) is 40.3 Å². The lowest BCUT2D eigenvalue weighted by atomic mass is 9.89. The van der Waals surface area contributed by atoms with E-state index in [1.165, 1.54) is 5.56 Å². The smallest absolute Gasteiger partial charge is 0.120 e. The largest absolute Gasteiger partial charge is 0.468 e. The van der Waals surface area contributed by atoms with Crippen molar-refractivity contribution in [1.82, 2.24) is 5.32 Å². The van der Waals surface area contributed by atoms with Crippen molar-refractivity contribution in [3.05, 3.63) is 23.7 Å². The zero-order chi connectivity index (χ0) is 12.2. The van der Waals surface area contributed by atoms with Gasteiger partial charge in [0.15, 0.2) is 0 Å². The molecule has 0 spiro atoms. The second kappa shape index (κ2) is 5.51. The van der Waals surface area contributed by atoms with Gasteiger partial charge in [0.2, 0.25) is 0 Å². The Morgan fingerprint density at radius 2 is 2.12 bits per heavy atom. The van der Waals surface area contributed by atoms with Crippen LogP contribution < -0.4 is 5.32 Å². The first-order valence-corrected chi connectivity index (χ1v) is 5.71. The van der Waals surface area contributed by atoms with Crippen LogP contribution in [0.25, 0.3) is 0 Å². The Balaban J connectivity index is 2.37. The Hall–Kier alpha value is -0.800. The van der Waals surface area contributed by atoms with Crippen molar-refractivity contribution >= 4 is 0 Å². The highest BCUT2D eigenvalue weighted by Crippen LogP contribution is 2.21. The summed E-state index contributed by atoms with van der Waals surface area (Å²) >= 11 is 0. The van der Waals surface area contributed by atoms with Gasteiger partial charge in [0.1, 0.15) is 5.76 Å². The molecule has 3 nitrogen and oxygen atoms in total. The lowest BCUT2D eigenvalue weighted by Gasteiger charge is -2.29. The fourth-order valence-corrected chi connectivity index (χ4v) is 1.65. The van der Waals surface area contributed by atoms with E-state index in [4.69, 9.17) is 9.15 Å². The Morgan fingerprint density at radius 3 is 2.56 bits per heavy atom. The summed E-state index contributed by atoms with van der Waals surface area (Å²) in [5, 5.41) is 3.37. The number of furan rings is 1. The minimum Gasteiger partial charge on any atom is -0.468 e. The lowest BCUT2D eigenvalue weighted by Crippen LogP contribution is -2.38. The topological polar surface area (TPSA) is 34.4 Å². The van der Waals surface area contributed by atoms with Crippen LogP contribution in [0.2, 0.25) is 0 Å². The summed E-state index contributed by atoms with van der Waals surface area (Å²) in [6.45, 7) is 10.2. The van der Waals surface area contributed by atoms with Crippen LogP contribution in [0.1, 0.15) is 32.1 Å². The maximum atomic E-state index is 5.47. The predicted molar refractivity (Wildman–Crippen MR) is 65.4 cm³/mol. The van der Waals surface area contributed by atoms with Crippen LogP contribution in [0.3, 0.4) is 0 Å². The van der Waals surface area contributed by atoms with Gasteiger partial charge in [-0.15, -0.1) is 0 Å². The van der Waals surface area contributed by atoms with Gasteiger partial charge in [0.25, 0.3) is 0 Å². The molecule has 1 aromatic rings. The molecule has 1 rings (SSSR count). The van der Waals surface area contributed by atoms with E-state index in [1.807, 2.05) is 6.07 Å². The Bertz CT molecular complexity index is 312. The third kappa shape index (κ3) is 3.65.